The van der Waals surface area contributed by atoms with Crippen molar-refractivity contribution in [2.75, 3.05) is 56.2 Å². The zero-order valence-corrected chi connectivity index (χ0v) is 31.3. The van der Waals surface area contributed by atoms with Gasteiger partial charge in [-0.1, -0.05) is 37.5 Å². The average Bonchev–Trinajstić information content (AvgIpc) is 3.47. The third-order valence-electron chi connectivity index (χ3n) is 10.8. The summed E-state index contributed by atoms with van der Waals surface area (Å²) in [6.07, 6.45) is 12.5. The number of amides is 2. The molecule has 2 fully saturated rings. The summed E-state index contributed by atoms with van der Waals surface area (Å²) in [6.45, 7) is 3.55. The van der Waals surface area contributed by atoms with Crippen molar-refractivity contribution in [3.05, 3.63) is 89.5 Å². The molecule has 3 aromatic carbocycles. The maximum Gasteiger partial charge on any atom is 0.251 e. The van der Waals surface area contributed by atoms with Crippen LogP contribution in [0.2, 0.25) is 0 Å². The summed E-state index contributed by atoms with van der Waals surface area (Å²) < 4.78 is 34.1. The van der Waals surface area contributed by atoms with Crippen LogP contribution in [0.4, 0.5) is 11.4 Å². The summed E-state index contributed by atoms with van der Waals surface area (Å²) in [5, 5.41) is 7.25. The lowest BCUT2D eigenvalue weighted by Crippen LogP contribution is -2.48. The van der Waals surface area contributed by atoms with E-state index in [2.05, 4.69) is 38.3 Å². The van der Waals surface area contributed by atoms with Crippen molar-refractivity contribution < 1.29 is 22.7 Å². The minimum Gasteiger partial charge on any atom is -0.489 e. The molecule has 53 heavy (non-hydrogen) atoms. The van der Waals surface area contributed by atoms with E-state index in [1.807, 2.05) is 54.6 Å². The van der Waals surface area contributed by atoms with Crippen molar-refractivity contribution in [1.29, 1.82) is 0 Å². The molecule has 0 spiro atoms. The highest BCUT2D eigenvalue weighted by atomic mass is 32.2. The number of nitrogens with zero attached hydrogens (tertiary/aromatic N) is 3. The number of anilines is 2. The quantitative estimate of drug-likeness (QED) is 0.161. The second-order valence-electron chi connectivity index (χ2n) is 14.4. The smallest absolute Gasteiger partial charge is 0.251 e. The lowest BCUT2D eigenvalue weighted by atomic mass is 9.81. The second-order valence-corrected chi connectivity index (χ2v) is 16.4. The number of nitrogen functional groups attached to an aromatic ring is 1. The molecule has 1 aliphatic carbocycles. The van der Waals surface area contributed by atoms with E-state index in [0.29, 0.717) is 68.8 Å². The first-order valence-electron chi connectivity index (χ1n) is 18.8. The van der Waals surface area contributed by atoms with Crippen LogP contribution in [0.3, 0.4) is 0 Å². The highest BCUT2D eigenvalue weighted by molar-refractivity contribution is 7.88. The molecular formula is C41H50N6O5S. The molecule has 1 saturated carbocycles. The van der Waals surface area contributed by atoms with Crippen LogP contribution in [0.1, 0.15) is 72.3 Å². The maximum absolute atomic E-state index is 13.5. The van der Waals surface area contributed by atoms with Crippen LogP contribution < -0.4 is 26.0 Å². The van der Waals surface area contributed by atoms with Crippen LogP contribution in [0, 0.1) is 0 Å². The Kier molecular flexibility index (Phi) is 11.1. The van der Waals surface area contributed by atoms with Gasteiger partial charge in [0.25, 0.3) is 5.91 Å². The van der Waals surface area contributed by atoms with Crippen molar-refractivity contribution in [1.82, 2.24) is 19.5 Å². The first-order valence-corrected chi connectivity index (χ1v) is 20.7. The number of piperazine rings is 1. The Hall–Kier alpha value is -4.81. The Morgan fingerprint density at radius 3 is 2.25 bits per heavy atom. The minimum absolute atomic E-state index is 0.0629. The number of hydrogen-bond acceptors (Lipinski definition) is 7. The van der Waals surface area contributed by atoms with Crippen LogP contribution in [-0.2, 0) is 28.0 Å². The fourth-order valence-corrected chi connectivity index (χ4v) is 8.89. The van der Waals surface area contributed by atoms with Crippen molar-refractivity contribution in [2.24, 2.45) is 0 Å². The Labute approximate surface area is 312 Å². The number of aromatic nitrogens is 1. The number of carbonyl (C=O) groups excluding carboxylic acids is 2. The minimum atomic E-state index is -3.23. The van der Waals surface area contributed by atoms with Gasteiger partial charge in [0.1, 0.15) is 18.9 Å². The standard InChI is InChI=1S/C41H50N6O5S/c1-53(50,51)46-23-21-45(22-24-46)36-18-14-33(42)25-32(36)28-52-34-15-11-30(12-16-34)40-39(29-9-5-4-6-10-29)35-17-13-31-26-37(35)47(40)27-38(48)43-19-7-2-3-8-20-44-41(31)49/h2-3,11-18,25-26,29H,4-10,19-24,27-28,42H2,1H3,(H,43,48)(H,44,49)/b3-2+. The summed E-state index contributed by atoms with van der Waals surface area (Å²) in [5.41, 5.74) is 13.5. The van der Waals surface area contributed by atoms with Gasteiger partial charge in [0.05, 0.1) is 17.5 Å². The van der Waals surface area contributed by atoms with Crippen LogP contribution in [0.25, 0.3) is 22.2 Å². The Balaban J connectivity index is 1.20. The lowest BCUT2D eigenvalue weighted by molar-refractivity contribution is -0.121. The molecule has 12 heteroatoms. The topological polar surface area (TPSA) is 139 Å². The Morgan fingerprint density at radius 1 is 0.830 bits per heavy atom. The molecule has 4 aromatic rings. The molecule has 3 heterocycles. The van der Waals surface area contributed by atoms with Gasteiger partial charge in [-0.3, -0.25) is 9.59 Å². The van der Waals surface area contributed by atoms with E-state index in [0.717, 1.165) is 71.9 Å². The number of nitrogens with two attached hydrogens (primary N) is 1. The summed E-state index contributed by atoms with van der Waals surface area (Å²) in [4.78, 5) is 28.9. The first-order chi connectivity index (χ1) is 25.7. The number of nitrogens with one attached hydrogen (secondary N) is 2. The SMILES string of the molecule is CS(=O)(=O)N1CCN(c2ccc(N)cc2COc2ccc(-c3c(C4CCCCC4)c4ccc5cc4n3CC(=O)NCC/C=C/CCNC5=O)cc2)CC1. The van der Waals surface area contributed by atoms with Crippen molar-refractivity contribution >= 4 is 44.1 Å². The van der Waals surface area contributed by atoms with Crippen molar-refractivity contribution in [2.45, 2.75) is 64.0 Å². The Bertz CT molecular complexity index is 2090. The van der Waals surface area contributed by atoms with Crippen molar-refractivity contribution in [3.63, 3.8) is 0 Å². The number of fused-ring (bicyclic) bond motifs is 1. The number of hydrogen-bond donors (Lipinski definition) is 3. The van der Waals surface area contributed by atoms with E-state index < -0.39 is 10.0 Å². The fraction of sp³-hybridized carbons (Fsp3) is 0.415. The molecule has 2 amide bonds. The number of rotatable bonds is 7. The van der Waals surface area contributed by atoms with Gasteiger partial charge >= 0.3 is 0 Å². The third kappa shape index (κ3) is 8.39. The zero-order valence-electron chi connectivity index (χ0n) is 30.5. The van der Waals surface area contributed by atoms with Crippen LogP contribution in [0.5, 0.6) is 5.75 Å². The summed E-state index contributed by atoms with van der Waals surface area (Å²) >= 11 is 0. The maximum atomic E-state index is 13.5. The van der Waals surface area contributed by atoms with E-state index in [9.17, 15) is 18.0 Å². The first kappa shape index (κ1) is 36.5. The normalized spacial score (nSPS) is 19.0. The van der Waals surface area contributed by atoms with E-state index in [4.69, 9.17) is 10.5 Å². The summed E-state index contributed by atoms with van der Waals surface area (Å²) in [5.74, 6) is 0.862. The molecule has 0 atom stereocenters. The lowest BCUT2D eigenvalue weighted by Gasteiger charge is -2.35. The highest BCUT2D eigenvalue weighted by Gasteiger charge is 2.28. The van der Waals surface area contributed by atoms with E-state index >= 15 is 0 Å². The van der Waals surface area contributed by atoms with Crippen molar-refractivity contribution in [3.8, 4) is 17.0 Å². The molecule has 3 aliphatic rings. The molecule has 11 nitrogen and oxygen atoms in total. The number of ether oxygens (including phenoxy) is 1. The number of sulfonamides is 1. The van der Waals surface area contributed by atoms with E-state index in [1.165, 1.54) is 22.5 Å². The van der Waals surface area contributed by atoms with Gasteiger partial charge in [-0.15, -0.1) is 0 Å². The molecular weight excluding hydrogens is 689 g/mol. The van der Waals surface area contributed by atoms with Crippen LogP contribution >= 0.6 is 0 Å². The summed E-state index contributed by atoms with van der Waals surface area (Å²) in [7, 11) is -3.23. The molecule has 280 valence electrons. The molecule has 0 unspecified atom stereocenters. The number of benzene rings is 3. The zero-order chi connectivity index (χ0) is 37.0. The third-order valence-corrected chi connectivity index (χ3v) is 12.1. The van der Waals surface area contributed by atoms with Crippen LogP contribution in [0.15, 0.2) is 72.8 Å². The van der Waals surface area contributed by atoms with Gasteiger partial charge in [-0.05, 0) is 97.3 Å². The van der Waals surface area contributed by atoms with Gasteiger partial charge in [0.2, 0.25) is 15.9 Å². The van der Waals surface area contributed by atoms with Gasteiger partial charge < -0.3 is 30.6 Å². The largest absolute Gasteiger partial charge is 0.489 e. The van der Waals surface area contributed by atoms with Gasteiger partial charge in [-0.2, -0.15) is 4.31 Å². The predicted octanol–water partition coefficient (Wildman–Crippen LogP) is 5.79. The van der Waals surface area contributed by atoms with Crippen LogP contribution in [-0.4, -0.2) is 74.6 Å². The predicted molar refractivity (Wildman–Crippen MR) is 211 cm³/mol. The molecule has 2 bridgehead atoms. The highest BCUT2D eigenvalue weighted by Crippen LogP contribution is 2.44. The Morgan fingerprint density at radius 2 is 1.53 bits per heavy atom. The summed E-state index contributed by atoms with van der Waals surface area (Å²) in [6, 6.07) is 19.8. The molecule has 7 rings (SSSR count). The van der Waals surface area contributed by atoms with E-state index in [1.54, 1.807) is 0 Å². The van der Waals surface area contributed by atoms with Gasteiger partial charge in [0.15, 0.2) is 0 Å². The van der Waals surface area contributed by atoms with Gasteiger partial charge in [0, 0.05) is 67.2 Å². The average molecular weight is 739 g/mol. The molecule has 0 radical (unpaired) electrons. The van der Waals surface area contributed by atoms with Gasteiger partial charge in [-0.25, -0.2) is 8.42 Å². The fourth-order valence-electron chi connectivity index (χ4n) is 8.06. The molecule has 4 N–H and O–H groups in total. The molecule has 1 aromatic heterocycles. The second kappa shape index (κ2) is 16.1. The monoisotopic (exact) mass is 738 g/mol. The molecule has 2 aliphatic heterocycles. The van der Waals surface area contributed by atoms with E-state index in [-0.39, 0.29) is 18.4 Å². The molecule has 1 saturated heterocycles. The number of carbonyl (C=O) groups is 2.